The van der Waals surface area contributed by atoms with Crippen molar-refractivity contribution in [3.63, 3.8) is 0 Å². The van der Waals surface area contributed by atoms with Crippen LogP contribution in [0.3, 0.4) is 0 Å². The van der Waals surface area contributed by atoms with Crippen molar-refractivity contribution in [3.05, 3.63) is 41.6 Å². The number of carbonyl (C=O) groups excluding carboxylic acids is 2. The van der Waals surface area contributed by atoms with Crippen LogP contribution in [0.1, 0.15) is 32.1 Å². The summed E-state index contributed by atoms with van der Waals surface area (Å²) >= 11 is 6.27. The zero-order chi connectivity index (χ0) is 27.0. The summed E-state index contributed by atoms with van der Waals surface area (Å²) in [5.41, 5.74) is -1.35. The van der Waals surface area contributed by atoms with Gasteiger partial charge in [-0.05, 0) is 55.3 Å². The Hall–Kier alpha value is -3.53. The lowest BCUT2D eigenvalue weighted by molar-refractivity contribution is -0.144. The summed E-state index contributed by atoms with van der Waals surface area (Å²) in [6, 6.07) is 5.96. The van der Waals surface area contributed by atoms with Crippen LogP contribution in [0.25, 0.3) is 10.8 Å². The van der Waals surface area contributed by atoms with Crippen LogP contribution in [0.2, 0.25) is 5.15 Å². The van der Waals surface area contributed by atoms with E-state index in [0.29, 0.717) is 30.0 Å². The van der Waals surface area contributed by atoms with Crippen LogP contribution in [-0.4, -0.2) is 82.7 Å². The van der Waals surface area contributed by atoms with E-state index < -0.39 is 29.6 Å². The van der Waals surface area contributed by atoms with Crippen LogP contribution < -0.4 is 14.8 Å². The SMILES string of the molecule is COc1ccc2c(O[C@@H]3C[C@H]4C(=O)N[C@]5(C(=O)O)C[C@H]5C=CCCCCN(C)C(=O)N4C3)nc(Cl)cc2c1. The molecule has 4 atom stereocenters. The normalized spacial score (nSPS) is 27.8. The Morgan fingerprint density at radius 3 is 2.84 bits per heavy atom. The third-order valence-electron chi connectivity index (χ3n) is 7.61. The quantitative estimate of drug-likeness (QED) is 0.448. The molecule has 1 saturated heterocycles. The molecule has 1 aliphatic carbocycles. The molecule has 0 unspecified atom stereocenters. The zero-order valence-electron chi connectivity index (χ0n) is 21.4. The minimum atomic E-state index is -1.35. The van der Waals surface area contributed by atoms with E-state index in [2.05, 4.69) is 10.3 Å². The van der Waals surface area contributed by atoms with E-state index in [1.807, 2.05) is 24.3 Å². The summed E-state index contributed by atoms with van der Waals surface area (Å²) < 4.78 is 11.6. The number of nitrogens with zero attached hydrogens (tertiary/aromatic N) is 3. The van der Waals surface area contributed by atoms with Gasteiger partial charge in [-0.1, -0.05) is 23.8 Å². The van der Waals surface area contributed by atoms with Gasteiger partial charge < -0.3 is 29.7 Å². The largest absolute Gasteiger partial charge is 0.497 e. The molecule has 2 fully saturated rings. The number of benzene rings is 1. The highest BCUT2D eigenvalue weighted by Crippen LogP contribution is 2.45. The molecule has 2 N–H and O–H groups in total. The number of aromatic nitrogens is 1. The number of ether oxygens (including phenoxy) is 2. The number of pyridine rings is 1. The fraction of sp³-hybridized carbons (Fsp3) is 0.481. The molecule has 2 aromatic rings. The number of methoxy groups -OCH3 is 1. The van der Waals surface area contributed by atoms with E-state index in [9.17, 15) is 19.5 Å². The number of rotatable bonds is 4. The smallest absolute Gasteiger partial charge is 0.330 e. The number of amides is 3. The van der Waals surface area contributed by atoms with Crippen molar-refractivity contribution in [1.29, 1.82) is 0 Å². The molecule has 1 saturated carbocycles. The lowest BCUT2D eigenvalue weighted by Crippen LogP contribution is -2.54. The zero-order valence-corrected chi connectivity index (χ0v) is 22.1. The molecule has 5 rings (SSSR count). The molecule has 0 radical (unpaired) electrons. The van der Waals surface area contributed by atoms with Crippen LogP contribution in [0, 0.1) is 5.92 Å². The number of allylic oxidation sites excluding steroid dienone is 1. The van der Waals surface area contributed by atoms with Crippen molar-refractivity contribution < 1.29 is 29.0 Å². The van der Waals surface area contributed by atoms with Gasteiger partial charge in [0.1, 0.15) is 28.6 Å². The summed E-state index contributed by atoms with van der Waals surface area (Å²) in [6.45, 7) is 0.699. The minimum Gasteiger partial charge on any atom is -0.497 e. The maximum absolute atomic E-state index is 13.5. The molecule has 11 heteroatoms. The lowest BCUT2D eigenvalue weighted by Gasteiger charge is -2.29. The number of nitrogens with one attached hydrogen (secondary N) is 1. The molecular formula is C27H31ClN4O6. The van der Waals surface area contributed by atoms with E-state index in [1.54, 1.807) is 31.2 Å². The first-order valence-electron chi connectivity index (χ1n) is 12.8. The maximum Gasteiger partial charge on any atom is 0.330 e. The van der Waals surface area contributed by atoms with Crippen molar-refractivity contribution in [1.82, 2.24) is 20.1 Å². The number of hydrogen-bond donors (Lipinski definition) is 2. The van der Waals surface area contributed by atoms with Gasteiger partial charge in [-0.3, -0.25) is 4.79 Å². The van der Waals surface area contributed by atoms with Crippen LogP contribution in [0.4, 0.5) is 4.79 Å². The third kappa shape index (κ3) is 4.97. The highest BCUT2D eigenvalue weighted by atomic mass is 35.5. The number of carboxylic acid groups (broad SMARTS) is 1. The fourth-order valence-electron chi connectivity index (χ4n) is 5.34. The van der Waals surface area contributed by atoms with Crippen molar-refractivity contribution >= 4 is 40.3 Å². The van der Waals surface area contributed by atoms with E-state index in [-0.39, 0.29) is 30.1 Å². The average Bonchev–Trinajstić information content (AvgIpc) is 3.42. The van der Waals surface area contributed by atoms with Gasteiger partial charge in [0.05, 0.1) is 13.7 Å². The Bertz CT molecular complexity index is 1300. The first-order valence-corrected chi connectivity index (χ1v) is 13.1. The van der Waals surface area contributed by atoms with Crippen molar-refractivity contribution in [3.8, 4) is 11.6 Å². The number of carboxylic acids is 1. The minimum absolute atomic E-state index is 0.149. The van der Waals surface area contributed by atoms with Gasteiger partial charge in [0.25, 0.3) is 0 Å². The van der Waals surface area contributed by atoms with E-state index in [4.69, 9.17) is 21.1 Å². The molecule has 3 heterocycles. The van der Waals surface area contributed by atoms with E-state index in [1.165, 1.54) is 4.90 Å². The number of fused-ring (bicyclic) bond motifs is 3. The second kappa shape index (κ2) is 10.3. The second-order valence-corrected chi connectivity index (χ2v) is 10.6. The van der Waals surface area contributed by atoms with Gasteiger partial charge in [-0.2, -0.15) is 0 Å². The van der Waals surface area contributed by atoms with E-state index in [0.717, 1.165) is 24.6 Å². The molecule has 0 bridgehead atoms. The van der Waals surface area contributed by atoms with Gasteiger partial charge in [-0.15, -0.1) is 0 Å². The van der Waals surface area contributed by atoms with Crippen molar-refractivity contribution in [2.45, 2.75) is 49.8 Å². The maximum atomic E-state index is 13.5. The van der Waals surface area contributed by atoms with Crippen LogP contribution in [0.15, 0.2) is 36.4 Å². The van der Waals surface area contributed by atoms with Gasteiger partial charge >= 0.3 is 12.0 Å². The Morgan fingerprint density at radius 1 is 1.26 bits per heavy atom. The van der Waals surface area contributed by atoms with Gasteiger partial charge in [0, 0.05) is 31.3 Å². The Kier molecular flexibility index (Phi) is 7.09. The Labute approximate surface area is 225 Å². The standard InChI is InChI=1S/C27H31ClN4O6/c1-31-10-6-4-3-5-7-17-14-27(17,25(34)35)30-23(33)21-13-19(15-32(21)26(31)36)38-24-20-9-8-18(37-2)11-16(20)12-22(28)29-24/h5,7-9,11-12,17,19,21H,3-4,6,10,13-15H2,1-2H3,(H,30,33)(H,34,35)/t17-,19-,21+,27-/m1/s1. The summed E-state index contributed by atoms with van der Waals surface area (Å²) in [6.07, 6.45) is 6.29. The number of halogens is 1. The van der Waals surface area contributed by atoms with E-state index >= 15 is 0 Å². The number of aliphatic carboxylic acids is 1. The molecule has 3 amide bonds. The predicted octanol–water partition coefficient (Wildman–Crippen LogP) is 3.47. The van der Waals surface area contributed by atoms with Gasteiger partial charge in [0.2, 0.25) is 11.8 Å². The monoisotopic (exact) mass is 542 g/mol. The fourth-order valence-corrected chi connectivity index (χ4v) is 5.54. The molecular weight excluding hydrogens is 512 g/mol. The molecule has 3 aliphatic rings. The lowest BCUT2D eigenvalue weighted by atomic mass is 10.1. The summed E-state index contributed by atoms with van der Waals surface area (Å²) in [5.74, 6) is -0.888. The van der Waals surface area contributed by atoms with Crippen LogP contribution in [-0.2, 0) is 9.59 Å². The second-order valence-electron chi connectivity index (χ2n) is 10.2. The first-order chi connectivity index (χ1) is 18.2. The molecule has 1 aromatic carbocycles. The van der Waals surface area contributed by atoms with Crippen molar-refractivity contribution in [2.24, 2.45) is 5.92 Å². The molecule has 1 aromatic heterocycles. The van der Waals surface area contributed by atoms with Crippen LogP contribution in [0.5, 0.6) is 11.6 Å². The molecule has 2 aliphatic heterocycles. The van der Waals surface area contributed by atoms with Gasteiger partial charge in [-0.25, -0.2) is 14.6 Å². The van der Waals surface area contributed by atoms with Crippen LogP contribution >= 0.6 is 11.6 Å². The predicted molar refractivity (Wildman–Crippen MR) is 140 cm³/mol. The summed E-state index contributed by atoms with van der Waals surface area (Å²) in [7, 11) is 3.29. The third-order valence-corrected chi connectivity index (χ3v) is 7.81. The number of urea groups is 1. The first kappa shape index (κ1) is 26.1. The highest BCUT2D eigenvalue weighted by molar-refractivity contribution is 6.30. The molecule has 202 valence electrons. The number of carbonyl (C=O) groups is 3. The topological polar surface area (TPSA) is 121 Å². The number of hydrogen-bond acceptors (Lipinski definition) is 6. The average molecular weight is 543 g/mol. The summed E-state index contributed by atoms with van der Waals surface area (Å²) in [4.78, 5) is 46.5. The van der Waals surface area contributed by atoms with Crippen molar-refractivity contribution in [2.75, 3.05) is 27.2 Å². The highest BCUT2D eigenvalue weighted by Gasteiger charge is 2.61. The summed E-state index contributed by atoms with van der Waals surface area (Å²) in [5, 5.41) is 14.4. The Morgan fingerprint density at radius 2 is 2.08 bits per heavy atom. The molecule has 10 nitrogen and oxygen atoms in total. The molecule has 0 spiro atoms. The van der Waals surface area contributed by atoms with Gasteiger partial charge in [0.15, 0.2) is 0 Å². The Balaban J connectivity index is 1.43. The molecule has 38 heavy (non-hydrogen) atoms.